The van der Waals surface area contributed by atoms with E-state index in [2.05, 4.69) is 5.32 Å². The molecule has 0 unspecified atom stereocenters. The Labute approximate surface area is 187 Å². The molecule has 2 amide bonds. The number of fused-ring (bicyclic) bond motifs is 1. The van der Waals surface area contributed by atoms with E-state index in [-0.39, 0.29) is 35.3 Å². The van der Waals surface area contributed by atoms with Crippen molar-refractivity contribution < 1.29 is 22.7 Å². The van der Waals surface area contributed by atoms with Gasteiger partial charge >= 0.3 is 0 Å². The molecule has 31 heavy (non-hydrogen) atoms. The highest BCUT2D eigenvalue weighted by atomic mass is 32.2. The molecule has 10 heteroatoms. The minimum Gasteiger partial charge on any atom is -0.376 e. The SMILES string of the molecule is C[C@H]1CSc2ccc(S(=O)(=O)N3CCCC3)cc2N(CC(=O)NC[C@@H]2CCCO2)C1=O. The molecule has 2 fully saturated rings. The third-order valence-corrected chi connectivity index (χ3v) is 9.17. The van der Waals surface area contributed by atoms with Crippen molar-refractivity contribution in [1.29, 1.82) is 0 Å². The normalized spacial score (nSPS) is 24.8. The maximum absolute atomic E-state index is 13.1. The first kappa shape index (κ1) is 22.6. The number of sulfonamides is 1. The molecule has 170 valence electrons. The number of hydrogen-bond donors (Lipinski definition) is 1. The number of amides is 2. The van der Waals surface area contributed by atoms with Crippen LogP contribution in [0.5, 0.6) is 0 Å². The maximum Gasteiger partial charge on any atom is 0.243 e. The third kappa shape index (κ3) is 4.92. The molecule has 0 aromatic heterocycles. The van der Waals surface area contributed by atoms with Crippen molar-refractivity contribution in [3.05, 3.63) is 18.2 Å². The van der Waals surface area contributed by atoms with Gasteiger partial charge in [-0.05, 0) is 43.9 Å². The highest BCUT2D eigenvalue weighted by Crippen LogP contribution is 2.38. The first-order chi connectivity index (χ1) is 14.9. The molecule has 2 atom stereocenters. The van der Waals surface area contributed by atoms with Gasteiger partial charge in [-0.2, -0.15) is 4.31 Å². The fourth-order valence-corrected chi connectivity index (χ4v) is 6.73. The maximum atomic E-state index is 13.1. The van der Waals surface area contributed by atoms with Crippen LogP contribution in [0.2, 0.25) is 0 Å². The summed E-state index contributed by atoms with van der Waals surface area (Å²) in [6, 6.07) is 4.92. The molecule has 3 aliphatic heterocycles. The summed E-state index contributed by atoms with van der Waals surface area (Å²) >= 11 is 1.51. The summed E-state index contributed by atoms with van der Waals surface area (Å²) in [4.78, 5) is 28.1. The van der Waals surface area contributed by atoms with Crippen LogP contribution < -0.4 is 10.2 Å². The van der Waals surface area contributed by atoms with Crippen LogP contribution in [0.3, 0.4) is 0 Å². The number of carbonyl (C=O) groups excluding carboxylic acids is 2. The lowest BCUT2D eigenvalue weighted by molar-refractivity contribution is -0.125. The van der Waals surface area contributed by atoms with Crippen LogP contribution in [0.1, 0.15) is 32.6 Å². The molecular formula is C21H29N3O5S2. The summed E-state index contributed by atoms with van der Waals surface area (Å²) in [5.41, 5.74) is 0.492. The molecular weight excluding hydrogens is 438 g/mol. The average Bonchev–Trinajstić information content (AvgIpc) is 3.46. The van der Waals surface area contributed by atoms with Gasteiger partial charge in [0.15, 0.2) is 0 Å². The highest BCUT2D eigenvalue weighted by molar-refractivity contribution is 7.99. The molecule has 0 spiro atoms. The number of carbonyl (C=O) groups is 2. The van der Waals surface area contributed by atoms with Crippen LogP contribution in [-0.4, -0.2) is 69.2 Å². The monoisotopic (exact) mass is 467 g/mol. The van der Waals surface area contributed by atoms with Crippen LogP contribution in [0.4, 0.5) is 5.69 Å². The van der Waals surface area contributed by atoms with Crippen molar-refractivity contribution in [2.45, 2.75) is 48.5 Å². The second-order valence-electron chi connectivity index (χ2n) is 8.32. The van der Waals surface area contributed by atoms with Crippen LogP contribution in [0, 0.1) is 5.92 Å². The Morgan fingerprint density at radius 1 is 1.26 bits per heavy atom. The molecule has 3 heterocycles. The van der Waals surface area contributed by atoms with E-state index in [4.69, 9.17) is 4.74 Å². The lowest BCUT2D eigenvalue weighted by Gasteiger charge is -2.25. The lowest BCUT2D eigenvalue weighted by atomic mass is 10.1. The Morgan fingerprint density at radius 2 is 2.03 bits per heavy atom. The molecule has 2 saturated heterocycles. The molecule has 1 N–H and O–H groups in total. The zero-order chi connectivity index (χ0) is 22.0. The summed E-state index contributed by atoms with van der Waals surface area (Å²) in [6.45, 7) is 3.85. The first-order valence-electron chi connectivity index (χ1n) is 10.8. The number of thioether (sulfide) groups is 1. The third-order valence-electron chi connectivity index (χ3n) is 5.95. The summed E-state index contributed by atoms with van der Waals surface area (Å²) in [6.07, 6.45) is 3.63. The molecule has 0 bridgehead atoms. The molecule has 3 aliphatic rings. The van der Waals surface area contributed by atoms with Gasteiger partial charge < -0.3 is 15.0 Å². The number of hydrogen-bond acceptors (Lipinski definition) is 6. The van der Waals surface area contributed by atoms with E-state index in [9.17, 15) is 18.0 Å². The molecule has 0 radical (unpaired) electrons. The van der Waals surface area contributed by atoms with Crippen molar-refractivity contribution in [2.75, 3.05) is 43.4 Å². The number of rotatable bonds is 6. The van der Waals surface area contributed by atoms with Gasteiger partial charge in [-0.15, -0.1) is 11.8 Å². The Kier molecular flexibility index (Phi) is 6.90. The lowest BCUT2D eigenvalue weighted by Crippen LogP contribution is -2.44. The van der Waals surface area contributed by atoms with Crippen molar-refractivity contribution in [2.24, 2.45) is 5.92 Å². The van der Waals surface area contributed by atoms with Crippen LogP contribution in [0.25, 0.3) is 0 Å². The zero-order valence-corrected chi connectivity index (χ0v) is 19.3. The minimum absolute atomic E-state index is 0.0164. The Morgan fingerprint density at radius 3 is 2.74 bits per heavy atom. The predicted octanol–water partition coefficient (Wildman–Crippen LogP) is 1.84. The highest BCUT2D eigenvalue weighted by Gasteiger charge is 2.33. The van der Waals surface area contributed by atoms with E-state index in [1.165, 1.54) is 21.0 Å². The Hall–Kier alpha value is -1.62. The van der Waals surface area contributed by atoms with Gasteiger partial charge in [0.1, 0.15) is 6.54 Å². The minimum atomic E-state index is -3.62. The van der Waals surface area contributed by atoms with Gasteiger partial charge in [-0.3, -0.25) is 9.59 Å². The van der Waals surface area contributed by atoms with Crippen LogP contribution in [-0.2, 0) is 24.3 Å². The molecule has 4 rings (SSSR count). The van der Waals surface area contributed by atoms with Crippen molar-refractivity contribution in [3.63, 3.8) is 0 Å². The van der Waals surface area contributed by atoms with Crippen LogP contribution in [0.15, 0.2) is 28.0 Å². The Balaban J connectivity index is 1.58. The van der Waals surface area contributed by atoms with Crippen molar-refractivity contribution in [1.82, 2.24) is 9.62 Å². The van der Waals surface area contributed by atoms with Gasteiger partial charge in [0, 0.05) is 42.8 Å². The summed E-state index contributed by atoms with van der Waals surface area (Å²) in [7, 11) is -3.62. The number of nitrogens with one attached hydrogen (secondary N) is 1. The number of ether oxygens (including phenoxy) is 1. The van der Waals surface area contributed by atoms with E-state index >= 15 is 0 Å². The molecule has 8 nitrogen and oxygen atoms in total. The van der Waals surface area contributed by atoms with Crippen LogP contribution >= 0.6 is 11.8 Å². The average molecular weight is 468 g/mol. The van der Waals surface area contributed by atoms with E-state index in [0.29, 0.717) is 37.7 Å². The number of benzene rings is 1. The van der Waals surface area contributed by atoms with E-state index in [1.807, 2.05) is 6.92 Å². The largest absolute Gasteiger partial charge is 0.376 e. The summed E-state index contributed by atoms with van der Waals surface area (Å²) in [5, 5.41) is 2.86. The number of nitrogens with zero attached hydrogens (tertiary/aromatic N) is 2. The van der Waals surface area contributed by atoms with Gasteiger partial charge in [-0.1, -0.05) is 6.92 Å². The quantitative estimate of drug-likeness (QED) is 0.686. The smallest absolute Gasteiger partial charge is 0.243 e. The van der Waals surface area contributed by atoms with Crippen molar-refractivity contribution >= 4 is 39.3 Å². The zero-order valence-electron chi connectivity index (χ0n) is 17.7. The molecule has 1 aromatic rings. The van der Waals surface area contributed by atoms with E-state index in [0.717, 1.165) is 30.6 Å². The molecule has 1 aromatic carbocycles. The van der Waals surface area contributed by atoms with E-state index in [1.54, 1.807) is 18.2 Å². The summed E-state index contributed by atoms with van der Waals surface area (Å²) in [5.74, 6) is -0.143. The van der Waals surface area contributed by atoms with Gasteiger partial charge in [0.25, 0.3) is 0 Å². The summed E-state index contributed by atoms with van der Waals surface area (Å²) < 4.78 is 33.1. The second-order valence-corrected chi connectivity index (χ2v) is 11.3. The van der Waals surface area contributed by atoms with Gasteiger partial charge in [0.05, 0.1) is 16.7 Å². The topological polar surface area (TPSA) is 96.0 Å². The number of anilines is 1. The fraction of sp³-hybridized carbons (Fsp3) is 0.619. The predicted molar refractivity (Wildman–Crippen MR) is 119 cm³/mol. The fourth-order valence-electron chi connectivity index (χ4n) is 4.13. The Bertz CT molecular complexity index is 940. The van der Waals surface area contributed by atoms with Crippen molar-refractivity contribution in [3.8, 4) is 0 Å². The molecule has 0 saturated carbocycles. The molecule has 0 aliphatic carbocycles. The standard InChI is InChI=1S/C21H29N3O5S2/c1-15-14-30-19-7-6-17(31(27,28)23-8-2-3-9-23)11-18(19)24(21(15)26)13-20(25)22-12-16-5-4-10-29-16/h6-7,11,15-16H,2-5,8-10,12-14H2,1H3,(H,22,25)/t15-,16-/m0/s1. The second kappa shape index (κ2) is 9.48. The van der Waals surface area contributed by atoms with E-state index < -0.39 is 10.0 Å². The van der Waals surface area contributed by atoms with Gasteiger partial charge in [-0.25, -0.2) is 8.42 Å². The van der Waals surface area contributed by atoms with Gasteiger partial charge in [0.2, 0.25) is 21.8 Å². The first-order valence-corrected chi connectivity index (χ1v) is 13.3.